The lowest BCUT2D eigenvalue weighted by atomic mass is 9.95. The van der Waals surface area contributed by atoms with Gasteiger partial charge < -0.3 is 5.73 Å². The van der Waals surface area contributed by atoms with E-state index < -0.39 is 0 Å². The van der Waals surface area contributed by atoms with Crippen LogP contribution in [0.15, 0.2) is 48.5 Å². The Morgan fingerprint density at radius 3 is 2.62 bits per heavy atom. The van der Waals surface area contributed by atoms with Gasteiger partial charge in [-0.25, -0.2) is 4.39 Å². The number of nitrogens with two attached hydrogens (primary N) is 1. The van der Waals surface area contributed by atoms with E-state index in [4.69, 9.17) is 17.3 Å². The van der Waals surface area contributed by atoms with Gasteiger partial charge in [0.05, 0.1) is 5.02 Å². The highest BCUT2D eigenvalue weighted by Crippen LogP contribution is 2.28. The molecule has 2 N–H and O–H groups in total. The monoisotopic (exact) mass is 304 g/mol. The summed E-state index contributed by atoms with van der Waals surface area (Å²) in [7, 11) is 0. The second-order valence-electron chi connectivity index (χ2n) is 5.62. The standard InChI is InChI=1S/C17H18ClFN2/c18-15-8-12(6-7-16(15)19)9-21-10-14(17(20)11-21)13-4-2-1-3-5-13/h1-8,14,17H,9-11,20H2/t14-,17+/m0/s1. The number of likely N-dealkylation sites (tertiary alicyclic amines) is 1. The van der Waals surface area contributed by atoms with Gasteiger partial charge in [-0.2, -0.15) is 0 Å². The number of hydrogen-bond acceptors (Lipinski definition) is 2. The lowest BCUT2D eigenvalue weighted by Crippen LogP contribution is -2.28. The van der Waals surface area contributed by atoms with Gasteiger partial charge in [0.15, 0.2) is 0 Å². The van der Waals surface area contributed by atoms with Gasteiger partial charge in [0.25, 0.3) is 0 Å². The molecule has 3 rings (SSSR count). The SMILES string of the molecule is N[C@@H]1CN(Cc2ccc(F)c(Cl)c2)C[C@H]1c1ccccc1. The molecule has 110 valence electrons. The maximum absolute atomic E-state index is 13.2. The molecular weight excluding hydrogens is 287 g/mol. The molecule has 0 radical (unpaired) electrons. The van der Waals surface area contributed by atoms with Crippen molar-refractivity contribution in [3.05, 3.63) is 70.5 Å². The molecule has 2 atom stereocenters. The Morgan fingerprint density at radius 2 is 1.90 bits per heavy atom. The van der Waals surface area contributed by atoms with Gasteiger partial charge >= 0.3 is 0 Å². The van der Waals surface area contributed by atoms with Crippen molar-refractivity contribution < 1.29 is 4.39 Å². The van der Waals surface area contributed by atoms with Crippen molar-refractivity contribution in [3.63, 3.8) is 0 Å². The van der Waals surface area contributed by atoms with Crippen LogP contribution in [0.2, 0.25) is 5.02 Å². The van der Waals surface area contributed by atoms with Crippen LogP contribution in [-0.2, 0) is 6.54 Å². The highest BCUT2D eigenvalue weighted by molar-refractivity contribution is 6.30. The van der Waals surface area contributed by atoms with Gasteiger partial charge in [0.1, 0.15) is 5.82 Å². The molecule has 1 heterocycles. The van der Waals surface area contributed by atoms with Crippen molar-refractivity contribution in [2.45, 2.75) is 18.5 Å². The van der Waals surface area contributed by atoms with Gasteiger partial charge in [-0.05, 0) is 23.3 Å². The first-order chi connectivity index (χ1) is 10.1. The van der Waals surface area contributed by atoms with Crippen LogP contribution in [0, 0.1) is 5.82 Å². The van der Waals surface area contributed by atoms with E-state index in [1.807, 2.05) is 18.2 Å². The Kier molecular flexibility index (Phi) is 4.24. The highest BCUT2D eigenvalue weighted by atomic mass is 35.5. The molecular formula is C17H18ClFN2. The molecule has 21 heavy (non-hydrogen) atoms. The van der Waals surface area contributed by atoms with Crippen molar-refractivity contribution in [2.24, 2.45) is 5.73 Å². The molecule has 1 aliphatic rings. The molecule has 0 aliphatic carbocycles. The predicted molar refractivity (Wildman–Crippen MR) is 83.8 cm³/mol. The number of nitrogens with zero attached hydrogens (tertiary/aromatic N) is 1. The third-order valence-corrected chi connectivity index (χ3v) is 4.35. The predicted octanol–water partition coefficient (Wildman–Crippen LogP) is 3.41. The zero-order valence-corrected chi connectivity index (χ0v) is 12.4. The molecule has 4 heteroatoms. The number of halogens is 2. The van der Waals surface area contributed by atoms with E-state index in [9.17, 15) is 4.39 Å². The summed E-state index contributed by atoms with van der Waals surface area (Å²) >= 11 is 5.83. The molecule has 1 aliphatic heterocycles. The number of hydrogen-bond donors (Lipinski definition) is 1. The number of rotatable bonds is 3. The quantitative estimate of drug-likeness (QED) is 0.941. The van der Waals surface area contributed by atoms with Crippen LogP contribution < -0.4 is 5.73 Å². The fourth-order valence-electron chi connectivity index (χ4n) is 2.99. The maximum Gasteiger partial charge on any atom is 0.141 e. The second-order valence-corrected chi connectivity index (χ2v) is 6.03. The van der Waals surface area contributed by atoms with Gasteiger partial charge in [-0.1, -0.05) is 48.0 Å². The molecule has 0 aromatic heterocycles. The minimum Gasteiger partial charge on any atom is -0.326 e. The first-order valence-electron chi connectivity index (χ1n) is 7.10. The average Bonchev–Trinajstić information content (AvgIpc) is 2.84. The molecule has 1 saturated heterocycles. The minimum absolute atomic E-state index is 0.128. The van der Waals surface area contributed by atoms with Crippen LogP contribution in [-0.4, -0.2) is 24.0 Å². The van der Waals surface area contributed by atoms with Gasteiger partial charge in [0.2, 0.25) is 0 Å². The first kappa shape index (κ1) is 14.5. The molecule has 0 unspecified atom stereocenters. The summed E-state index contributed by atoms with van der Waals surface area (Å²) in [5.41, 5.74) is 8.58. The third-order valence-electron chi connectivity index (χ3n) is 4.06. The number of benzene rings is 2. The summed E-state index contributed by atoms with van der Waals surface area (Å²) in [6.07, 6.45) is 0. The summed E-state index contributed by atoms with van der Waals surface area (Å²) in [5, 5.41) is 0.176. The van der Waals surface area contributed by atoms with Gasteiger partial charge in [-0.15, -0.1) is 0 Å². The van der Waals surface area contributed by atoms with Crippen LogP contribution in [0.1, 0.15) is 17.0 Å². The summed E-state index contributed by atoms with van der Waals surface area (Å²) in [6, 6.07) is 15.4. The van der Waals surface area contributed by atoms with Crippen molar-refractivity contribution in [1.82, 2.24) is 4.90 Å². The van der Waals surface area contributed by atoms with Crippen molar-refractivity contribution in [3.8, 4) is 0 Å². The molecule has 2 aromatic carbocycles. The fourth-order valence-corrected chi connectivity index (χ4v) is 3.19. The Balaban J connectivity index is 1.70. The smallest absolute Gasteiger partial charge is 0.141 e. The molecule has 0 bridgehead atoms. The molecule has 0 spiro atoms. The molecule has 0 saturated carbocycles. The highest BCUT2D eigenvalue weighted by Gasteiger charge is 2.30. The molecule has 0 amide bonds. The van der Waals surface area contributed by atoms with Crippen LogP contribution in [0.4, 0.5) is 4.39 Å². The maximum atomic E-state index is 13.2. The topological polar surface area (TPSA) is 29.3 Å². The van der Waals surface area contributed by atoms with Crippen LogP contribution >= 0.6 is 11.6 Å². The summed E-state index contributed by atoms with van der Waals surface area (Å²) in [5.74, 6) is -0.0252. The Morgan fingerprint density at radius 1 is 1.14 bits per heavy atom. The van der Waals surface area contributed by atoms with Crippen LogP contribution in [0.25, 0.3) is 0 Å². The van der Waals surface area contributed by atoms with Crippen molar-refractivity contribution >= 4 is 11.6 Å². The Labute approximate surface area is 129 Å². The summed E-state index contributed by atoms with van der Waals surface area (Å²) in [6.45, 7) is 2.51. The second kappa shape index (κ2) is 6.14. The van der Waals surface area contributed by atoms with Crippen LogP contribution in [0.3, 0.4) is 0 Å². The van der Waals surface area contributed by atoms with E-state index in [-0.39, 0.29) is 16.9 Å². The summed E-state index contributed by atoms with van der Waals surface area (Å²) < 4.78 is 13.2. The van der Waals surface area contributed by atoms with E-state index in [1.54, 1.807) is 12.1 Å². The van der Waals surface area contributed by atoms with E-state index in [0.29, 0.717) is 5.92 Å². The van der Waals surface area contributed by atoms with Crippen molar-refractivity contribution in [2.75, 3.05) is 13.1 Å². The lowest BCUT2D eigenvalue weighted by Gasteiger charge is -2.16. The minimum atomic E-state index is -0.374. The van der Waals surface area contributed by atoms with Gasteiger partial charge in [0, 0.05) is 31.6 Å². The lowest BCUT2D eigenvalue weighted by molar-refractivity contribution is 0.323. The molecule has 2 aromatic rings. The van der Waals surface area contributed by atoms with Gasteiger partial charge in [-0.3, -0.25) is 4.90 Å². The Hall–Kier alpha value is -1.42. The fraction of sp³-hybridized carbons (Fsp3) is 0.294. The van der Waals surface area contributed by atoms with Crippen LogP contribution in [0.5, 0.6) is 0 Å². The molecule has 2 nitrogen and oxygen atoms in total. The van der Waals surface area contributed by atoms with Crippen molar-refractivity contribution in [1.29, 1.82) is 0 Å². The van der Waals surface area contributed by atoms with E-state index >= 15 is 0 Å². The third kappa shape index (κ3) is 3.26. The first-order valence-corrected chi connectivity index (χ1v) is 7.48. The largest absolute Gasteiger partial charge is 0.326 e. The molecule has 1 fully saturated rings. The average molecular weight is 305 g/mol. The van der Waals surface area contributed by atoms with E-state index in [0.717, 1.165) is 25.2 Å². The normalized spacial score (nSPS) is 22.6. The summed E-state index contributed by atoms with van der Waals surface area (Å²) in [4.78, 5) is 2.30. The van der Waals surface area contributed by atoms with E-state index in [2.05, 4.69) is 17.0 Å². The Bertz CT molecular complexity index is 617. The zero-order valence-electron chi connectivity index (χ0n) is 11.7. The van der Waals surface area contributed by atoms with E-state index in [1.165, 1.54) is 11.6 Å². The zero-order chi connectivity index (χ0) is 14.8.